The number of hydrogen-bond donors (Lipinski definition) is 1. The standard InChI is InChI=1S/C16H27NO/c1-13(2)18-8-6-5-7-17-12-16-10-14(3)9-15(4)11-16/h9-11,13,17H,5-8,12H2,1-4H3. The molecule has 0 bridgehead atoms. The first-order valence-corrected chi connectivity index (χ1v) is 6.97. The zero-order valence-electron chi connectivity index (χ0n) is 12.3. The van der Waals surface area contributed by atoms with Crippen LogP contribution in [0.15, 0.2) is 18.2 Å². The van der Waals surface area contributed by atoms with Gasteiger partial charge in [0, 0.05) is 13.2 Å². The van der Waals surface area contributed by atoms with Gasteiger partial charge in [-0.15, -0.1) is 0 Å². The third kappa shape index (κ3) is 6.77. The third-order valence-electron chi connectivity index (χ3n) is 2.81. The Bertz CT molecular complexity index is 327. The van der Waals surface area contributed by atoms with Crippen molar-refractivity contribution >= 4 is 0 Å². The summed E-state index contributed by atoms with van der Waals surface area (Å²) in [6.45, 7) is 11.4. The Kier molecular flexibility index (Phi) is 6.99. The van der Waals surface area contributed by atoms with Crippen LogP contribution in [0.5, 0.6) is 0 Å². The second-order valence-corrected chi connectivity index (χ2v) is 5.30. The van der Waals surface area contributed by atoms with Gasteiger partial charge in [0.25, 0.3) is 0 Å². The molecular weight excluding hydrogens is 222 g/mol. The number of rotatable bonds is 8. The lowest BCUT2D eigenvalue weighted by Crippen LogP contribution is -2.15. The number of unbranched alkanes of at least 4 members (excludes halogenated alkanes) is 1. The first-order valence-electron chi connectivity index (χ1n) is 6.97. The number of ether oxygens (including phenoxy) is 1. The van der Waals surface area contributed by atoms with E-state index in [4.69, 9.17) is 4.74 Å². The van der Waals surface area contributed by atoms with Gasteiger partial charge in [0.2, 0.25) is 0 Å². The molecule has 1 aromatic carbocycles. The van der Waals surface area contributed by atoms with E-state index in [1.165, 1.54) is 23.1 Å². The Balaban J connectivity index is 2.10. The summed E-state index contributed by atoms with van der Waals surface area (Å²) in [6, 6.07) is 6.72. The van der Waals surface area contributed by atoms with E-state index >= 15 is 0 Å². The molecule has 0 heterocycles. The van der Waals surface area contributed by atoms with Gasteiger partial charge >= 0.3 is 0 Å². The van der Waals surface area contributed by atoms with Crippen molar-refractivity contribution in [3.63, 3.8) is 0 Å². The summed E-state index contributed by atoms with van der Waals surface area (Å²) >= 11 is 0. The minimum Gasteiger partial charge on any atom is -0.379 e. The van der Waals surface area contributed by atoms with E-state index in [0.29, 0.717) is 6.10 Å². The molecule has 0 radical (unpaired) electrons. The second-order valence-electron chi connectivity index (χ2n) is 5.30. The van der Waals surface area contributed by atoms with Gasteiger partial charge in [0.15, 0.2) is 0 Å². The highest BCUT2D eigenvalue weighted by molar-refractivity contribution is 5.28. The van der Waals surface area contributed by atoms with Crippen LogP contribution in [0.2, 0.25) is 0 Å². The van der Waals surface area contributed by atoms with Crippen molar-refractivity contribution in [1.29, 1.82) is 0 Å². The van der Waals surface area contributed by atoms with Crippen LogP contribution >= 0.6 is 0 Å². The summed E-state index contributed by atoms with van der Waals surface area (Å²) in [5.41, 5.74) is 4.07. The highest BCUT2D eigenvalue weighted by Crippen LogP contribution is 2.08. The molecule has 0 aliphatic heterocycles. The fourth-order valence-corrected chi connectivity index (χ4v) is 2.07. The zero-order valence-corrected chi connectivity index (χ0v) is 12.3. The van der Waals surface area contributed by atoms with Crippen molar-refractivity contribution in [3.05, 3.63) is 34.9 Å². The van der Waals surface area contributed by atoms with Gasteiger partial charge in [0.05, 0.1) is 6.10 Å². The van der Waals surface area contributed by atoms with Gasteiger partial charge in [-0.05, 0) is 52.6 Å². The van der Waals surface area contributed by atoms with Gasteiger partial charge in [0.1, 0.15) is 0 Å². The van der Waals surface area contributed by atoms with Crippen LogP contribution in [0.25, 0.3) is 0 Å². The van der Waals surface area contributed by atoms with E-state index in [0.717, 1.165) is 26.1 Å². The van der Waals surface area contributed by atoms with E-state index < -0.39 is 0 Å². The molecule has 0 amide bonds. The van der Waals surface area contributed by atoms with Crippen molar-refractivity contribution in [3.8, 4) is 0 Å². The monoisotopic (exact) mass is 249 g/mol. The Hall–Kier alpha value is -0.860. The fraction of sp³-hybridized carbons (Fsp3) is 0.625. The maximum Gasteiger partial charge on any atom is 0.0518 e. The van der Waals surface area contributed by atoms with Crippen molar-refractivity contribution in [2.24, 2.45) is 0 Å². The van der Waals surface area contributed by atoms with Crippen molar-refractivity contribution in [2.45, 2.75) is 53.2 Å². The molecule has 1 rings (SSSR count). The second kappa shape index (κ2) is 8.28. The van der Waals surface area contributed by atoms with Crippen LogP contribution in [0.1, 0.15) is 43.4 Å². The minimum absolute atomic E-state index is 0.355. The summed E-state index contributed by atoms with van der Waals surface area (Å²) in [6.07, 6.45) is 2.67. The molecule has 0 aromatic heterocycles. The normalized spacial score (nSPS) is 11.2. The van der Waals surface area contributed by atoms with E-state index in [9.17, 15) is 0 Å². The molecule has 18 heavy (non-hydrogen) atoms. The number of benzene rings is 1. The molecule has 102 valence electrons. The fourth-order valence-electron chi connectivity index (χ4n) is 2.07. The van der Waals surface area contributed by atoms with Crippen LogP contribution < -0.4 is 5.32 Å². The lowest BCUT2D eigenvalue weighted by molar-refractivity contribution is 0.0760. The van der Waals surface area contributed by atoms with Gasteiger partial charge in [-0.25, -0.2) is 0 Å². The maximum atomic E-state index is 5.51. The van der Waals surface area contributed by atoms with Gasteiger partial charge in [-0.2, -0.15) is 0 Å². The summed E-state index contributed by atoms with van der Waals surface area (Å²) in [5, 5.41) is 3.49. The van der Waals surface area contributed by atoms with Crippen molar-refractivity contribution < 1.29 is 4.74 Å². The predicted octanol–water partition coefficient (Wildman–Crippen LogP) is 3.60. The SMILES string of the molecule is Cc1cc(C)cc(CNCCCCOC(C)C)c1. The molecule has 0 aliphatic rings. The van der Waals surface area contributed by atoms with E-state index in [-0.39, 0.29) is 0 Å². The van der Waals surface area contributed by atoms with Gasteiger partial charge in [-0.1, -0.05) is 29.3 Å². The molecule has 0 atom stereocenters. The smallest absolute Gasteiger partial charge is 0.0518 e. The molecule has 0 unspecified atom stereocenters. The number of aryl methyl sites for hydroxylation is 2. The molecule has 0 spiro atoms. The highest BCUT2D eigenvalue weighted by Gasteiger charge is 1.96. The zero-order chi connectivity index (χ0) is 13.4. The number of nitrogens with one attached hydrogen (secondary N) is 1. The predicted molar refractivity (Wildman–Crippen MR) is 77.9 cm³/mol. The largest absolute Gasteiger partial charge is 0.379 e. The van der Waals surface area contributed by atoms with Gasteiger partial charge in [-0.3, -0.25) is 0 Å². The molecule has 1 N–H and O–H groups in total. The average Bonchev–Trinajstić information content (AvgIpc) is 2.26. The summed E-state index contributed by atoms with van der Waals surface area (Å²) in [4.78, 5) is 0. The molecule has 0 fully saturated rings. The van der Waals surface area contributed by atoms with Crippen LogP contribution in [0.4, 0.5) is 0 Å². The van der Waals surface area contributed by atoms with E-state index in [1.807, 2.05) is 0 Å². The average molecular weight is 249 g/mol. The molecule has 0 saturated carbocycles. The van der Waals surface area contributed by atoms with Crippen LogP contribution in [-0.2, 0) is 11.3 Å². The molecule has 2 nitrogen and oxygen atoms in total. The molecular formula is C16H27NO. The quantitative estimate of drug-likeness (QED) is 0.711. The molecule has 0 aliphatic carbocycles. The summed E-state index contributed by atoms with van der Waals surface area (Å²) in [5.74, 6) is 0. The topological polar surface area (TPSA) is 21.3 Å². The maximum absolute atomic E-state index is 5.51. The van der Waals surface area contributed by atoms with E-state index in [2.05, 4.69) is 51.2 Å². The number of hydrogen-bond acceptors (Lipinski definition) is 2. The first-order chi connectivity index (χ1) is 8.58. The molecule has 2 heteroatoms. The Morgan fingerprint density at radius 1 is 1.06 bits per heavy atom. The van der Waals surface area contributed by atoms with Crippen LogP contribution in [0.3, 0.4) is 0 Å². The summed E-state index contributed by atoms with van der Waals surface area (Å²) in [7, 11) is 0. The highest BCUT2D eigenvalue weighted by atomic mass is 16.5. The minimum atomic E-state index is 0.355. The van der Waals surface area contributed by atoms with Gasteiger partial charge < -0.3 is 10.1 Å². The van der Waals surface area contributed by atoms with Crippen LogP contribution in [0, 0.1) is 13.8 Å². The Morgan fingerprint density at radius 2 is 1.72 bits per heavy atom. The first kappa shape index (κ1) is 15.2. The summed E-state index contributed by atoms with van der Waals surface area (Å²) < 4.78 is 5.51. The van der Waals surface area contributed by atoms with Crippen molar-refractivity contribution in [2.75, 3.05) is 13.2 Å². The van der Waals surface area contributed by atoms with E-state index in [1.54, 1.807) is 0 Å². The van der Waals surface area contributed by atoms with Crippen molar-refractivity contribution in [1.82, 2.24) is 5.32 Å². The Labute approximate surface area is 112 Å². The molecule has 0 saturated heterocycles. The Morgan fingerprint density at radius 3 is 2.33 bits per heavy atom. The lowest BCUT2D eigenvalue weighted by atomic mass is 10.1. The lowest BCUT2D eigenvalue weighted by Gasteiger charge is -2.09. The molecule has 1 aromatic rings. The third-order valence-corrected chi connectivity index (χ3v) is 2.81. The van der Waals surface area contributed by atoms with Crippen LogP contribution in [-0.4, -0.2) is 19.3 Å².